The van der Waals surface area contributed by atoms with Crippen molar-refractivity contribution in [3.63, 3.8) is 0 Å². The quantitative estimate of drug-likeness (QED) is 0.243. The number of methoxy groups -OCH3 is 1. The first-order valence-corrected chi connectivity index (χ1v) is 13.7. The molecule has 0 heterocycles. The minimum atomic E-state index is -0.302. The van der Waals surface area contributed by atoms with Gasteiger partial charge in [0.05, 0.1) is 7.11 Å². The van der Waals surface area contributed by atoms with Gasteiger partial charge in [0.25, 0.3) is 0 Å². The third-order valence-corrected chi connectivity index (χ3v) is 10.4. The topological polar surface area (TPSA) is 52.6 Å². The maximum Gasteiger partial charge on any atom is 0.333 e. The van der Waals surface area contributed by atoms with E-state index in [0.717, 1.165) is 42.2 Å². The molecule has 0 N–H and O–H groups in total. The second-order valence-corrected chi connectivity index (χ2v) is 12.4. The van der Waals surface area contributed by atoms with Crippen molar-refractivity contribution in [3.05, 3.63) is 22.8 Å². The molecule has 4 aliphatic carbocycles. The predicted molar refractivity (Wildman–Crippen MR) is 135 cm³/mol. The van der Waals surface area contributed by atoms with E-state index >= 15 is 0 Å². The molecule has 4 nitrogen and oxygen atoms in total. The van der Waals surface area contributed by atoms with Gasteiger partial charge in [-0.3, -0.25) is 4.79 Å². The summed E-state index contributed by atoms with van der Waals surface area (Å²) in [7, 11) is 1.47. The van der Waals surface area contributed by atoms with Gasteiger partial charge in [-0.15, -0.1) is 0 Å². The maximum atomic E-state index is 13.1. The molecule has 0 aromatic carbocycles. The van der Waals surface area contributed by atoms with Crippen molar-refractivity contribution in [2.24, 2.45) is 34.5 Å². The van der Waals surface area contributed by atoms with Crippen LogP contribution in [0.4, 0.5) is 0 Å². The Balaban J connectivity index is 1.74. The molecule has 0 spiro atoms. The van der Waals surface area contributed by atoms with Gasteiger partial charge in [0.1, 0.15) is 6.10 Å². The van der Waals surface area contributed by atoms with E-state index in [1.165, 1.54) is 64.6 Å². The minimum Gasteiger partial charge on any atom is -0.466 e. The molecule has 34 heavy (non-hydrogen) atoms. The number of hydrogen-bond donors (Lipinski definition) is 0. The largest absolute Gasteiger partial charge is 0.466 e. The van der Waals surface area contributed by atoms with Crippen molar-refractivity contribution in [1.29, 1.82) is 0 Å². The van der Waals surface area contributed by atoms with Crippen molar-refractivity contribution in [2.75, 3.05) is 7.11 Å². The Hall–Kier alpha value is -1.58. The first-order chi connectivity index (χ1) is 16.1. The standard InChI is InChI=1S/C30H46O4/c1-19(2)10-9-12-22(28(32)33-6)27-25-16-15-23-24(30(25,5)18-26(27)34-20(3)31)14-13-21-11-7-8-17-29(21,23)4/h10,21,23-26H,7-9,11-18H2,1-6H3/b27-22-. The fourth-order valence-electron chi connectivity index (χ4n) is 8.93. The van der Waals surface area contributed by atoms with Crippen LogP contribution in [0.3, 0.4) is 0 Å². The van der Waals surface area contributed by atoms with Crippen LogP contribution < -0.4 is 0 Å². The second-order valence-electron chi connectivity index (χ2n) is 12.4. The summed E-state index contributed by atoms with van der Waals surface area (Å²) in [5, 5.41) is 0. The summed E-state index contributed by atoms with van der Waals surface area (Å²) in [6, 6.07) is 0. The first-order valence-electron chi connectivity index (χ1n) is 13.7. The van der Waals surface area contributed by atoms with E-state index in [1.807, 2.05) is 0 Å². The number of esters is 2. The van der Waals surface area contributed by atoms with E-state index in [9.17, 15) is 9.59 Å². The molecular weight excluding hydrogens is 424 g/mol. The number of ether oxygens (including phenoxy) is 2. The highest BCUT2D eigenvalue weighted by molar-refractivity contribution is 5.90. The average Bonchev–Trinajstić information content (AvgIpc) is 3.06. The van der Waals surface area contributed by atoms with Crippen molar-refractivity contribution in [3.8, 4) is 0 Å². The lowest BCUT2D eigenvalue weighted by Crippen LogP contribution is -2.53. The average molecular weight is 471 g/mol. The normalized spacial score (nSPS) is 40.4. The summed E-state index contributed by atoms with van der Waals surface area (Å²) in [5.41, 5.74) is 3.62. The van der Waals surface area contributed by atoms with Crippen LogP contribution in [-0.2, 0) is 19.1 Å². The van der Waals surface area contributed by atoms with Crippen LogP contribution in [0.5, 0.6) is 0 Å². The highest BCUT2D eigenvalue weighted by Gasteiger charge is 2.62. The molecule has 4 aliphatic rings. The summed E-state index contributed by atoms with van der Waals surface area (Å²) in [6.07, 6.45) is 14.6. The van der Waals surface area contributed by atoms with Gasteiger partial charge >= 0.3 is 11.9 Å². The van der Waals surface area contributed by atoms with Crippen molar-refractivity contribution < 1.29 is 19.1 Å². The monoisotopic (exact) mass is 470 g/mol. The molecule has 4 saturated carbocycles. The van der Waals surface area contributed by atoms with Crippen LogP contribution in [0.15, 0.2) is 22.8 Å². The number of fused-ring (bicyclic) bond motifs is 5. The van der Waals surface area contributed by atoms with E-state index in [4.69, 9.17) is 9.47 Å². The Morgan fingerprint density at radius 3 is 2.35 bits per heavy atom. The molecule has 0 radical (unpaired) electrons. The summed E-state index contributed by atoms with van der Waals surface area (Å²) in [6.45, 7) is 10.7. The zero-order valence-corrected chi connectivity index (χ0v) is 22.4. The van der Waals surface area contributed by atoms with Gasteiger partial charge in [-0.05, 0) is 112 Å². The molecule has 7 atom stereocenters. The van der Waals surface area contributed by atoms with Gasteiger partial charge in [-0.2, -0.15) is 0 Å². The van der Waals surface area contributed by atoms with Crippen molar-refractivity contribution >= 4 is 11.9 Å². The number of carbonyl (C=O) groups is 2. The van der Waals surface area contributed by atoms with Gasteiger partial charge in [0.15, 0.2) is 0 Å². The van der Waals surface area contributed by atoms with Crippen molar-refractivity contribution in [1.82, 2.24) is 0 Å². The van der Waals surface area contributed by atoms with Gasteiger partial charge < -0.3 is 9.47 Å². The Kier molecular flexibility index (Phi) is 7.37. The molecule has 0 saturated heterocycles. The first kappa shape index (κ1) is 25.5. The third kappa shape index (κ3) is 4.39. The van der Waals surface area contributed by atoms with E-state index in [2.05, 4.69) is 33.8 Å². The molecule has 0 aromatic rings. The predicted octanol–water partition coefficient (Wildman–Crippen LogP) is 7.18. The summed E-state index contributed by atoms with van der Waals surface area (Å²) in [4.78, 5) is 25.2. The van der Waals surface area contributed by atoms with Gasteiger partial charge in [-0.1, -0.05) is 38.3 Å². The number of allylic oxidation sites excluding steroid dienone is 2. The Morgan fingerprint density at radius 1 is 0.971 bits per heavy atom. The van der Waals surface area contributed by atoms with E-state index in [1.54, 1.807) is 0 Å². The lowest BCUT2D eigenvalue weighted by Gasteiger charge is -2.61. The van der Waals surface area contributed by atoms with E-state index in [0.29, 0.717) is 23.7 Å². The molecule has 0 bridgehead atoms. The third-order valence-electron chi connectivity index (χ3n) is 10.4. The summed E-state index contributed by atoms with van der Waals surface area (Å²) in [5.74, 6) is 2.05. The molecular formula is C30H46O4. The smallest absolute Gasteiger partial charge is 0.333 e. The van der Waals surface area contributed by atoms with E-state index in [-0.39, 0.29) is 23.5 Å². The molecule has 7 unspecified atom stereocenters. The molecule has 0 aromatic heterocycles. The fraction of sp³-hybridized carbons (Fsp3) is 0.800. The fourth-order valence-corrected chi connectivity index (χ4v) is 8.93. The maximum absolute atomic E-state index is 13.1. The highest BCUT2D eigenvalue weighted by Crippen LogP contribution is 2.68. The molecule has 190 valence electrons. The second kappa shape index (κ2) is 9.82. The lowest BCUT2D eigenvalue weighted by molar-refractivity contribution is -0.146. The van der Waals surface area contributed by atoms with Crippen LogP contribution in [-0.4, -0.2) is 25.2 Å². The molecule has 0 aliphatic heterocycles. The Morgan fingerprint density at radius 2 is 1.68 bits per heavy atom. The number of rotatable bonds is 5. The molecule has 4 fully saturated rings. The molecule has 4 rings (SSSR count). The lowest BCUT2D eigenvalue weighted by atomic mass is 9.44. The van der Waals surface area contributed by atoms with Gasteiger partial charge in [-0.25, -0.2) is 4.79 Å². The molecule has 4 heteroatoms. The number of hydrogen-bond acceptors (Lipinski definition) is 4. The minimum absolute atomic E-state index is 0.0690. The number of carbonyl (C=O) groups excluding carboxylic acids is 2. The van der Waals surface area contributed by atoms with Crippen LogP contribution in [0.2, 0.25) is 0 Å². The van der Waals surface area contributed by atoms with Crippen LogP contribution in [0.1, 0.15) is 105 Å². The van der Waals surface area contributed by atoms with Crippen LogP contribution in [0, 0.1) is 34.5 Å². The van der Waals surface area contributed by atoms with E-state index < -0.39 is 0 Å². The Labute approximate surface area is 206 Å². The zero-order chi connectivity index (χ0) is 24.7. The SMILES string of the molecule is COC(=O)/C(CCC=C(C)C)=C1\C(OC(C)=O)CC2(C)C1CCC1C2CCC2CCCCC21C. The summed E-state index contributed by atoms with van der Waals surface area (Å²) >= 11 is 0. The van der Waals surface area contributed by atoms with Crippen LogP contribution >= 0.6 is 0 Å². The van der Waals surface area contributed by atoms with Crippen molar-refractivity contribution in [2.45, 2.75) is 111 Å². The summed E-state index contributed by atoms with van der Waals surface area (Å²) < 4.78 is 11.3. The van der Waals surface area contributed by atoms with Crippen LogP contribution in [0.25, 0.3) is 0 Å². The highest BCUT2D eigenvalue weighted by atomic mass is 16.5. The Bertz CT molecular complexity index is 865. The van der Waals surface area contributed by atoms with Gasteiger partial charge in [0, 0.05) is 12.5 Å². The zero-order valence-electron chi connectivity index (χ0n) is 22.4. The molecule has 0 amide bonds. The van der Waals surface area contributed by atoms with Gasteiger partial charge in [0.2, 0.25) is 0 Å².